The van der Waals surface area contributed by atoms with Gasteiger partial charge in [0.2, 0.25) is 5.91 Å². The molecule has 1 heterocycles. The number of carbonyl (C=O) groups excluding carboxylic acids is 2. The van der Waals surface area contributed by atoms with Crippen molar-refractivity contribution in [1.29, 1.82) is 0 Å². The molecule has 6 heteroatoms. The number of hydrogen-bond acceptors (Lipinski definition) is 5. The van der Waals surface area contributed by atoms with E-state index in [1.54, 1.807) is 6.92 Å². The number of rotatable bonds is 6. The van der Waals surface area contributed by atoms with Gasteiger partial charge in [-0.15, -0.1) is 0 Å². The van der Waals surface area contributed by atoms with Crippen LogP contribution in [0.2, 0.25) is 0 Å². The molecular formula is C31H51NO5. The third kappa shape index (κ3) is 4.56. The second kappa shape index (κ2) is 10.1. The zero-order valence-electron chi connectivity index (χ0n) is 24.0. The fourth-order valence-electron chi connectivity index (χ4n) is 10.4. The molecule has 6 nitrogen and oxygen atoms in total. The number of aliphatic hydroxyl groups is 1. The molecule has 2 N–H and O–H groups in total. The van der Waals surface area contributed by atoms with Gasteiger partial charge < -0.3 is 19.9 Å². The predicted molar refractivity (Wildman–Crippen MR) is 142 cm³/mol. The Bertz CT molecular complexity index is 878. The number of amides is 1. The molecule has 1 unspecified atom stereocenters. The van der Waals surface area contributed by atoms with Crippen LogP contribution < -0.4 is 5.32 Å². The second-order valence-electron chi connectivity index (χ2n) is 14.2. The number of hydrogen-bond donors (Lipinski definition) is 2. The Kier molecular flexibility index (Phi) is 7.50. The van der Waals surface area contributed by atoms with Crippen LogP contribution in [0.4, 0.5) is 0 Å². The van der Waals surface area contributed by atoms with Crippen LogP contribution >= 0.6 is 0 Å². The van der Waals surface area contributed by atoms with E-state index in [0.29, 0.717) is 34.7 Å². The normalized spacial score (nSPS) is 48.1. The van der Waals surface area contributed by atoms with E-state index in [1.165, 1.54) is 45.6 Å². The predicted octanol–water partition coefficient (Wildman–Crippen LogP) is 5.11. The third-order valence-corrected chi connectivity index (χ3v) is 12.5. The Hall–Kier alpha value is -1.14. The molecule has 0 bridgehead atoms. The fraction of sp³-hybridized carbons (Fsp3) is 0.935. The van der Waals surface area contributed by atoms with Crippen molar-refractivity contribution in [3.63, 3.8) is 0 Å². The summed E-state index contributed by atoms with van der Waals surface area (Å²) in [5.74, 6) is 3.56. The molecule has 210 valence electrons. The molecule has 5 fully saturated rings. The highest BCUT2D eigenvalue weighted by Gasteiger charge is 2.65. The Labute approximate surface area is 224 Å². The third-order valence-electron chi connectivity index (χ3n) is 12.5. The Morgan fingerprint density at radius 2 is 1.78 bits per heavy atom. The minimum absolute atomic E-state index is 0.0782. The molecule has 1 saturated heterocycles. The highest BCUT2D eigenvalue weighted by Crippen LogP contribution is 2.70. The van der Waals surface area contributed by atoms with Crippen molar-refractivity contribution in [2.24, 2.45) is 52.3 Å². The van der Waals surface area contributed by atoms with Crippen molar-refractivity contribution >= 4 is 11.9 Å². The summed E-state index contributed by atoms with van der Waals surface area (Å²) in [5, 5.41) is 13.1. The number of carbonyl (C=O) groups is 2. The summed E-state index contributed by atoms with van der Waals surface area (Å²) in [5.41, 5.74) is 0.772. The van der Waals surface area contributed by atoms with E-state index in [4.69, 9.17) is 9.47 Å². The topological polar surface area (TPSA) is 84.9 Å². The summed E-state index contributed by atoms with van der Waals surface area (Å²) in [6, 6.07) is -0.621. The van der Waals surface area contributed by atoms with Crippen LogP contribution in [-0.2, 0) is 19.1 Å². The van der Waals surface area contributed by atoms with E-state index >= 15 is 0 Å². The number of aliphatic hydroxyl groups excluding tert-OH is 1. The zero-order valence-corrected chi connectivity index (χ0v) is 24.0. The van der Waals surface area contributed by atoms with Crippen LogP contribution in [0.1, 0.15) is 98.8 Å². The lowest BCUT2D eigenvalue weighted by atomic mass is 9.44. The maximum absolute atomic E-state index is 12.6. The Morgan fingerprint density at radius 3 is 2.51 bits per heavy atom. The summed E-state index contributed by atoms with van der Waals surface area (Å²) in [7, 11) is 1.34. The molecule has 0 aromatic carbocycles. The lowest BCUT2D eigenvalue weighted by Crippen LogP contribution is -2.54. The lowest BCUT2D eigenvalue weighted by Gasteiger charge is -2.61. The van der Waals surface area contributed by atoms with Gasteiger partial charge in [-0.25, -0.2) is 4.79 Å². The van der Waals surface area contributed by atoms with Gasteiger partial charge in [-0.05, 0) is 117 Å². The van der Waals surface area contributed by atoms with E-state index in [2.05, 4.69) is 26.1 Å². The number of fused-ring (bicyclic) bond motifs is 7. The van der Waals surface area contributed by atoms with Crippen LogP contribution in [0.5, 0.6) is 0 Å². The van der Waals surface area contributed by atoms with Crippen LogP contribution in [0, 0.1) is 52.3 Å². The number of esters is 1. The van der Waals surface area contributed by atoms with Gasteiger partial charge in [0.05, 0.1) is 25.4 Å². The van der Waals surface area contributed by atoms with Crippen molar-refractivity contribution < 1.29 is 24.2 Å². The number of nitrogens with one attached hydrogen (secondary N) is 1. The first kappa shape index (κ1) is 27.4. The molecule has 0 aromatic heterocycles. The first-order valence-electron chi connectivity index (χ1n) is 15.2. The first-order chi connectivity index (χ1) is 17.5. The summed E-state index contributed by atoms with van der Waals surface area (Å²) >= 11 is 0. The molecule has 1 aliphatic heterocycles. The summed E-state index contributed by atoms with van der Waals surface area (Å²) in [6.45, 7) is 11.2. The van der Waals surface area contributed by atoms with Crippen molar-refractivity contribution in [2.45, 2.75) is 123 Å². The number of methoxy groups -OCH3 is 1. The molecule has 13 atom stereocenters. The SMILES string of the molecule is COC(=O)C(C)NC(=O)[C@@H](C)CC[C@H]1O[C@H]2C[C@H]3[C@@H]4CC[C@@H]5C[C@@H](O)CC[C@]5(C)[C@H]4CC[C@]3(C)[C@H]2[C@@H]1C. The van der Waals surface area contributed by atoms with Gasteiger partial charge in [0.15, 0.2) is 0 Å². The lowest BCUT2D eigenvalue weighted by molar-refractivity contribution is -0.145. The van der Waals surface area contributed by atoms with Crippen LogP contribution in [0.3, 0.4) is 0 Å². The smallest absolute Gasteiger partial charge is 0.328 e. The van der Waals surface area contributed by atoms with Crippen molar-refractivity contribution in [2.75, 3.05) is 7.11 Å². The van der Waals surface area contributed by atoms with Crippen molar-refractivity contribution in [1.82, 2.24) is 5.32 Å². The van der Waals surface area contributed by atoms with E-state index in [-0.39, 0.29) is 24.0 Å². The fourth-order valence-corrected chi connectivity index (χ4v) is 10.4. The maximum atomic E-state index is 12.6. The van der Waals surface area contributed by atoms with Gasteiger partial charge >= 0.3 is 5.97 Å². The van der Waals surface area contributed by atoms with Gasteiger partial charge in [0.1, 0.15) is 6.04 Å². The van der Waals surface area contributed by atoms with E-state index in [0.717, 1.165) is 43.4 Å². The summed E-state index contributed by atoms with van der Waals surface area (Å²) in [6.07, 6.45) is 11.9. The summed E-state index contributed by atoms with van der Waals surface area (Å²) in [4.78, 5) is 24.3. The standard InChI is InChI=1S/C31H51NO5/c1-17(28(34)32-19(3)29(35)36-6)7-10-25-18(2)27-26(37-25)16-24-22-9-8-20-15-21(33)11-13-30(20,4)23(22)12-14-31(24,27)5/h17-27,33H,7-16H2,1-6H3,(H,32,34)/t17-,18+,19?,20+,21-,22+,23-,24-,25+,26-,27-,30-,31-/m0/s1. The van der Waals surface area contributed by atoms with Crippen LogP contribution in [-0.4, -0.2) is 48.4 Å². The monoisotopic (exact) mass is 517 g/mol. The van der Waals surface area contributed by atoms with E-state index < -0.39 is 12.0 Å². The average Bonchev–Trinajstić information content (AvgIpc) is 3.35. The second-order valence-corrected chi connectivity index (χ2v) is 14.2. The highest BCUT2D eigenvalue weighted by molar-refractivity contribution is 5.85. The molecular weight excluding hydrogens is 466 g/mol. The highest BCUT2D eigenvalue weighted by atomic mass is 16.5. The van der Waals surface area contributed by atoms with Crippen LogP contribution in [0.25, 0.3) is 0 Å². The molecule has 0 aromatic rings. The average molecular weight is 518 g/mol. The number of ether oxygens (including phenoxy) is 2. The molecule has 5 rings (SSSR count). The molecule has 5 aliphatic rings. The first-order valence-corrected chi connectivity index (χ1v) is 15.2. The molecule has 1 amide bonds. The van der Waals surface area contributed by atoms with Gasteiger partial charge in [-0.2, -0.15) is 0 Å². The molecule has 0 radical (unpaired) electrons. The summed E-state index contributed by atoms with van der Waals surface area (Å²) < 4.78 is 11.5. The van der Waals surface area contributed by atoms with Crippen molar-refractivity contribution in [3.05, 3.63) is 0 Å². The largest absolute Gasteiger partial charge is 0.467 e. The van der Waals surface area contributed by atoms with Gasteiger partial charge in [-0.3, -0.25) is 4.79 Å². The minimum atomic E-state index is -0.621. The maximum Gasteiger partial charge on any atom is 0.328 e. The minimum Gasteiger partial charge on any atom is -0.467 e. The molecule has 0 spiro atoms. The Balaban J connectivity index is 1.20. The van der Waals surface area contributed by atoms with Crippen LogP contribution in [0.15, 0.2) is 0 Å². The van der Waals surface area contributed by atoms with Gasteiger partial charge in [0, 0.05) is 5.92 Å². The molecule has 4 saturated carbocycles. The van der Waals surface area contributed by atoms with Gasteiger partial charge in [-0.1, -0.05) is 27.7 Å². The zero-order chi connectivity index (χ0) is 26.7. The molecule has 4 aliphatic carbocycles. The Morgan fingerprint density at radius 1 is 1.05 bits per heavy atom. The van der Waals surface area contributed by atoms with Gasteiger partial charge in [0.25, 0.3) is 0 Å². The quantitative estimate of drug-likeness (QED) is 0.478. The molecule has 37 heavy (non-hydrogen) atoms. The van der Waals surface area contributed by atoms with E-state index in [1.807, 2.05) is 6.92 Å². The van der Waals surface area contributed by atoms with E-state index in [9.17, 15) is 14.7 Å². The van der Waals surface area contributed by atoms with Crippen molar-refractivity contribution in [3.8, 4) is 0 Å².